The van der Waals surface area contributed by atoms with Gasteiger partial charge in [-0.15, -0.1) is 10.2 Å². The highest BCUT2D eigenvalue weighted by molar-refractivity contribution is 5.75. The Morgan fingerprint density at radius 1 is 1.33 bits per heavy atom. The molecular weight excluding hydrogens is 190 g/mol. The quantitative estimate of drug-likeness (QED) is 0.639. The molecular formula is C10H15N5. The van der Waals surface area contributed by atoms with E-state index in [0.717, 1.165) is 17.2 Å². The Kier molecular flexibility index (Phi) is 1.92. The van der Waals surface area contributed by atoms with Crippen LogP contribution in [0, 0.1) is 0 Å². The third-order valence-electron chi connectivity index (χ3n) is 2.37. The van der Waals surface area contributed by atoms with Crippen LogP contribution in [-0.2, 0) is 0 Å². The van der Waals surface area contributed by atoms with Crippen LogP contribution >= 0.6 is 0 Å². The Morgan fingerprint density at radius 3 is 2.53 bits per heavy atom. The molecule has 1 aliphatic heterocycles. The topological polar surface area (TPSA) is 45.2 Å². The molecule has 0 aliphatic carbocycles. The lowest BCUT2D eigenvalue weighted by molar-refractivity contribution is 0.222. The van der Waals surface area contributed by atoms with Gasteiger partial charge in [-0.05, 0) is 20.8 Å². The SMILES string of the molecule is C=C1c2nncnc2N(C)N1C(C)(C)C. The minimum atomic E-state index is -0.0474. The van der Waals surface area contributed by atoms with E-state index in [1.54, 1.807) is 0 Å². The molecule has 0 radical (unpaired) electrons. The van der Waals surface area contributed by atoms with Crippen molar-refractivity contribution in [2.24, 2.45) is 0 Å². The molecule has 2 rings (SSSR count). The van der Waals surface area contributed by atoms with Crippen LogP contribution in [0.2, 0.25) is 0 Å². The van der Waals surface area contributed by atoms with E-state index in [1.165, 1.54) is 6.33 Å². The van der Waals surface area contributed by atoms with Gasteiger partial charge in [0.15, 0.2) is 11.5 Å². The second kappa shape index (κ2) is 2.92. The number of fused-ring (bicyclic) bond motifs is 1. The summed E-state index contributed by atoms with van der Waals surface area (Å²) in [5.41, 5.74) is 1.56. The smallest absolute Gasteiger partial charge is 0.178 e. The minimum absolute atomic E-state index is 0.0474. The van der Waals surface area contributed by atoms with Gasteiger partial charge in [0.25, 0.3) is 0 Å². The summed E-state index contributed by atoms with van der Waals surface area (Å²) < 4.78 is 0. The van der Waals surface area contributed by atoms with Crippen molar-refractivity contribution in [3.8, 4) is 0 Å². The molecule has 15 heavy (non-hydrogen) atoms. The van der Waals surface area contributed by atoms with Crippen LogP contribution in [0.25, 0.3) is 5.70 Å². The van der Waals surface area contributed by atoms with Crippen molar-refractivity contribution < 1.29 is 0 Å². The molecule has 80 valence electrons. The van der Waals surface area contributed by atoms with Gasteiger partial charge in [-0.25, -0.2) is 4.98 Å². The molecule has 0 saturated carbocycles. The monoisotopic (exact) mass is 205 g/mol. The zero-order chi connectivity index (χ0) is 11.2. The Hall–Kier alpha value is -1.65. The number of hydrogen-bond acceptors (Lipinski definition) is 5. The molecule has 0 spiro atoms. The molecule has 0 aromatic carbocycles. The molecule has 0 N–H and O–H groups in total. The first-order valence-corrected chi connectivity index (χ1v) is 4.84. The first-order chi connectivity index (χ1) is 6.93. The van der Waals surface area contributed by atoms with Crippen molar-refractivity contribution in [2.75, 3.05) is 12.1 Å². The lowest BCUT2D eigenvalue weighted by Crippen LogP contribution is -2.46. The summed E-state index contributed by atoms with van der Waals surface area (Å²) in [5.74, 6) is 0.810. The summed E-state index contributed by atoms with van der Waals surface area (Å²) in [7, 11) is 1.96. The molecule has 0 bridgehead atoms. The second-order valence-electron chi connectivity index (χ2n) is 4.59. The lowest BCUT2D eigenvalue weighted by Gasteiger charge is -2.39. The molecule has 1 aromatic rings. The van der Waals surface area contributed by atoms with Crippen molar-refractivity contribution in [1.29, 1.82) is 0 Å². The molecule has 1 aliphatic rings. The van der Waals surface area contributed by atoms with E-state index < -0.39 is 0 Å². The van der Waals surface area contributed by atoms with Crippen LogP contribution in [-0.4, -0.2) is 32.8 Å². The summed E-state index contributed by atoms with van der Waals surface area (Å²) in [6.45, 7) is 10.4. The third-order valence-corrected chi connectivity index (χ3v) is 2.37. The van der Waals surface area contributed by atoms with Gasteiger partial charge >= 0.3 is 0 Å². The molecule has 0 saturated heterocycles. The standard InChI is InChI=1S/C10H15N5/c1-7-8-9(11-6-12-13-8)14(5)15(7)10(2,3)4/h6H,1H2,2-5H3. The fourth-order valence-electron chi connectivity index (χ4n) is 1.92. The maximum atomic E-state index is 4.20. The van der Waals surface area contributed by atoms with Gasteiger partial charge in [-0.2, -0.15) is 0 Å². The summed E-state index contributed by atoms with van der Waals surface area (Å²) >= 11 is 0. The predicted octanol–water partition coefficient (Wildman–Crippen LogP) is 1.31. The van der Waals surface area contributed by atoms with Crippen LogP contribution in [0.3, 0.4) is 0 Å². The van der Waals surface area contributed by atoms with E-state index in [2.05, 4.69) is 47.5 Å². The summed E-state index contributed by atoms with van der Waals surface area (Å²) in [6, 6.07) is 0. The number of anilines is 1. The molecule has 0 unspecified atom stereocenters. The zero-order valence-corrected chi connectivity index (χ0v) is 9.52. The van der Waals surface area contributed by atoms with E-state index in [9.17, 15) is 0 Å². The van der Waals surface area contributed by atoms with Gasteiger partial charge in [0.1, 0.15) is 6.33 Å². The second-order valence-corrected chi connectivity index (χ2v) is 4.59. The van der Waals surface area contributed by atoms with Gasteiger partial charge in [-0.3, -0.25) is 10.0 Å². The predicted molar refractivity (Wildman–Crippen MR) is 58.9 cm³/mol. The van der Waals surface area contributed by atoms with E-state index in [4.69, 9.17) is 0 Å². The highest BCUT2D eigenvalue weighted by Crippen LogP contribution is 2.37. The molecule has 0 atom stereocenters. The average Bonchev–Trinajstić information content (AvgIpc) is 2.39. The van der Waals surface area contributed by atoms with Crippen LogP contribution in [0.4, 0.5) is 5.82 Å². The molecule has 1 aromatic heterocycles. The molecule has 2 heterocycles. The molecule has 0 fully saturated rings. The van der Waals surface area contributed by atoms with Crippen molar-refractivity contribution >= 4 is 11.5 Å². The Labute approximate surface area is 89.4 Å². The van der Waals surface area contributed by atoms with E-state index in [0.29, 0.717) is 0 Å². The van der Waals surface area contributed by atoms with Crippen LogP contribution in [0.5, 0.6) is 0 Å². The fourth-order valence-corrected chi connectivity index (χ4v) is 1.92. The first-order valence-electron chi connectivity index (χ1n) is 4.84. The van der Waals surface area contributed by atoms with Gasteiger partial charge in [0, 0.05) is 7.05 Å². The maximum absolute atomic E-state index is 4.20. The summed E-state index contributed by atoms with van der Waals surface area (Å²) in [4.78, 5) is 4.20. The van der Waals surface area contributed by atoms with Crippen molar-refractivity contribution in [2.45, 2.75) is 26.3 Å². The van der Waals surface area contributed by atoms with Gasteiger partial charge < -0.3 is 0 Å². The third kappa shape index (κ3) is 1.35. The van der Waals surface area contributed by atoms with Gasteiger partial charge in [0.05, 0.1) is 11.2 Å². The number of nitrogens with zero attached hydrogens (tertiary/aromatic N) is 5. The van der Waals surface area contributed by atoms with Crippen LogP contribution in [0.1, 0.15) is 26.5 Å². The van der Waals surface area contributed by atoms with Gasteiger partial charge in [-0.1, -0.05) is 6.58 Å². The summed E-state index contributed by atoms with van der Waals surface area (Å²) in [5, 5.41) is 11.9. The normalized spacial score (nSPS) is 15.9. The number of hydrazine groups is 1. The first kappa shape index (κ1) is 9.89. The van der Waals surface area contributed by atoms with Crippen molar-refractivity contribution in [3.63, 3.8) is 0 Å². The molecule has 0 amide bonds. The maximum Gasteiger partial charge on any atom is 0.178 e. The van der Waals surface area contributed by atoms with E-state index in [1.807, 2.05) is 12.1 Å². The fraction of sp³-hybridized carbons (Fsp3) is 0.500. The van der Waals surface area contributed by atoms with Crippen molar-refractivity contribution in [3.05, 3.63) is 18.6 Å². The number of rotatable bonds is 0. The number of hydrogen-bond donors (Lipinski definition) is 0. The molecule has 5 heteroatoms. The Morgan fingerprint density at radius 2 is 2.00 bits per heavy atom. The Bertz CT molecular complexity index is 407. The van der Waals surface area contributed by atoms with E-state index in [-0.39, 0.29) is 5.54 Å². The highest BCUT2D eigenvalue weighted by atomic mass is 15.7. The largest absolute Gasteiger partial charge is 0.277 e. The Balaban J connectivity index is 2.50. The van der Waals surface area contributed by atoms with Crippen molar-refractivity contribution in [1.82, 2.24) is 20.2 Å². The van der Waals surface area contributed by atoms with Gasteiger partial charge in [0.2, 0.25) is 0 Å². The van der Waals surface area contributed by atoms with E-state index >= 15 is 0 Å². The zero-order valence-electron chi connectivity index (χ0n) is 9.52. The molecule has 5 nitrogen and oxygen atoms in total. The summed E-state index contributed by atoms with van der Waals surface area (Å²) in [6.07, 6.45) is 1.45. The van der Waals surface area contributed by atoms with Crippen LogP contribution < -0.4 is 5.01 Å². The highest BCUT2D eigenvalue weighted by Gasteiger charge is 2.37. The number of aromatic nitrogens is 3. The lowest BCUT2D eigenvalue weighted by atomic mass is 10.1. The average molecular weight is 205 g/mol. The minimum Gasteiger partial charge on any atom is -0.277 e. The van der Waals surface area contributed by atoms with Crippen LogP contribution in [0.15, 0.2) is 12.9 Å².